The summed E-state index contributed by atoms with van der Waals surface area (Å²) in [6.45, 7) is 5.99. The first-order valence-corrected chi connectivity index (χ1v) is 6.97. The molecule has 2 bridgehead atoms. The van der Waals surface area contributed by atoms with Crippen LogP contribution in [0.1, 0.15) is 40.0 Å². The molecule has 0 radical (unpaired) electrons. The largest absolute Gasteiger partial charge is 0.481 e. The molecule has 1 saturated carbocycles. The molecule has 106 valence electrons. The number of hydrogen-bond donors (Lipinski definition) is 1. The summed E-state index contributed by atoms with van der Waals surface area (Å²) in [6, 6.07) is 0. The molecule has 2 aliphatic rings. The zero-order valence-electron chi connectivity index (χ0n) is 11.8. The van der Waals surface area contributed by atoms with Gasteiger partial charge in [-0.2, -0.15) is 0 Å². The molecule has 0 heterocycles. The fourth-order valence-electron chi connectivity index (χ4n) is 4.03. The van der Waals surface area contributed by atoms with Crippen molar-refractivity contribution >= 4 is 11.9 Å². The Balaban J connectivity index is 2.08. The van der Waals surface area contributed by atoms with E-state index in [-0.39, 0.29) is 0 Å². The van der Waals surface area contributed by atoms with Gasteiger partial charge in [0.15, 0.2) is 0 Å². The fourth-order valence-corrected chi connectivity index (χ4v) is 4.03. The van der Waals surface area contributed by atoms with Crippen LogP contribution < -0.4 is 0 Å². The molecule has 2 aliphatic carbocycles. The third-order valence-electron chi connectivity index (χ3n) is 4.57. The van der Waals surface area contributed by atoms with Crippen LogP contribution in [0.3, 0.4) is 0 Å². The molecule has 0 aromatic rings. The molecule has 0 aromatic carbocycles. The summed E-state index contributed by atoms with van der Waals surface area (Å²) >= 11 is 0. The second-order valence-corrected chi connectivity index (χ2v) is 6.19. The Hall–Kier alpha value is -1.32. The van der Waals surface area contributed by atoms with Gasteiger partial charge in [-0.15, -0.1) is 0 Å². The van der Waals surface area contributed by atoms with E-state index >= 15 is 0 Å². The molecule has 0 amide bonds. The summed E-state index contributed by atoms with van der Waals surface area (Å²) in [5, 5.41) is 8.64. The summed E-state index contributed by atoms with van der Waals surface area (Å²) in [6.07, 6.45) is 6.16. The number of aliphatic carboxylic acids is 1. The van der Waals surface area contributed by atoms with Crippen molar-refractivity contribution in [2.24, 2.45) is 23.7 Å². The maximum atomic E-state index is 11.6. The minimum atomic E-state index is -1.14. The van der Waals surface area contributed by atoms with E-state index in [4.69, 9.17) is 9.84 Å². The van der Waals surface area contributed by atoms with Crippen molar-refractivity contribution < 1.29 is 19.4 Å². The van der Waals surface area contributed by atoms with Crippen molar-refractivity contribution in [3.8, 4) is 0 Å². The van der Waals surface area contributed by atoms with Gasteiger partial charge in [-0.25, -0.2) is 0 Å². The van der Waals surface area contributed by atoms with Crippen LogP contribution in [0.4, 0.5) is 0 Å². The minimum Gasteiger partial charge on any atom is -0.481 e. The monoisotopic (exact) mass is 266 g/mol. The van der Waals surface area contributed by atoms with Crippen LogP contribution in [-0.2, 0) is 14.3 Å². The van der Waals surface area contributed by atoms with Crippen molar-refractivity contribution in [2.45, 2.75) is 45.6 Å². The molecule has 0 aliphatic heterocycles. The van der Waals surface area contributed by atoms with E-state index in [0.717, 1.165) is 12.8 Å². The van der Waals surface area contributed by atoms with Gasteiger partial charge in [0.05, 0.1) is 0 Å². The van der Waals surface area contributed by atoms with E-state index < -0.39 is 24.0 Å². The third-order valence-corrected chi connectivity index (χ3v) is 4.57. The van der Waals surface area contributed by atoms with Crippen molar-refractivity contribution in [2.75, 3.05) is 0 Å². The lowest BCUT2D eigenvalue weighted by Crippen LogP contribution is -2.43. The van der Waals surface area contributed by atoms with E-state index in [0.29, 0.717) is 23.7 Å². The average Bonchev–Trinajstić information content (AvgIpc) is 2.85. The zero-order valence-corrected chi connectivity index (χ0v) is 11.8. The lowest BCUT2D eigenvalue weighted by molar-refractivity contribution is -0.168. The molecule has 4 heteroatoms. The van der Waals surface area contributed by atoms with Gasteiger partial charge in [-0.3, -0.25) is 9.59 Å². The minimum absolute atomic E-state index is 0.297. The molecule has 0 spiro atoms. The number of fused-ring (bicyclic) bond motifs is 2. The number of allylic oxidation sites excluding steroid dienone is 2. The van der Waals surface area contributed by atoms with Crippen LogP contribution in [-0.4, -0.2) is 22.6 Å². The van der Waals surface area contributed by atoms with Crippen LogP contribution in [0.5, 0.6) is 0 Å². The van der Waals surface area contributed by atoms with E-state index in [1.54, 1.807) is 0 Å². The first kappa shape index (κ1) is 14.1. The number of carboxylic acids is 1. The molecule has 0 aromatic heterocycles. The van der Waals surface area contributed by atoms with E-state index in [9.17, 15) is 9.59 Å². The molecule has 0 saturated heterocycles. The van der Waals surface area contributed by atoms with Gasteiger partial charge in [-0.05, 0) is 38.0 Å². The number of carboxylic acid groups (broad SMARTS) is 1. The quantitative estimate of drug-likeness (QED) is 0.472. The Morgan fingerprint density at radius 1 is 1.32 bits per heavy atom. The second kappa shape index (κ2) is 4.99. The topological polar surface area (TPSA) is 63.6 Å². The van der Waals surface area contributed by atoms with Crippen molar-refractivity contribution in [3.63, 3.8) is 0 Å². The van der Waals surface area contributed by atoms with E-state index in [1.165, 1.54) is 0 Å². The number of carbonyl (C=O) groups is 2. The summed E-state index contributed by atoms with van der Waals surface area (Å²) in [7, 11) is 0. The Morgan fingerprint density at radius 3 is 2.53 bits per heavy atom. The summed E-state index contributed by atoms with van der Waals surface area (Å²) in [4.78, 5) is 22.2. The van der Waals surface area contributed by atoms with Crippen LogP contribution in [0.2, 0.25) is 0 Å². The Morgan fingerprint density at radius 2 is 1.95 bits per heavy atom. The molecule has 4 unspecified atom stereocenters. The summed E-state index contributed by atoms with van der Waals surface area (Å²) < 4.78 is 5.46. The van der Waals surface area contributed by atoms with E-state index in [2.05, 4.69) is 19.1 Å². The fraction of sp³-hybridized carbons (Fsp3) is 0.733. The predicted molar refractivity (Wildman–Crippen MR) is 70.4 cm³/mol. The summed E-state index contributed by atoms with van der Waals surface area (Å²) in [5.74, 6) is 0.104. The maximum absolute atomic E-state index is 11.6. The lowest BCUT2D eigenvalue weighted by atomic mass is 9.72. The van der Waals surface area contributed by atoms with Crippen LogP contribution >= 0.6 is 0 Å². The van der Waals surface area contributed by atoms with Gasteiger partial charge in [0, 0.05) is 5.92 Å². The maximum Gasteiger partial charge on any atom is 0.317 e. The highest BCUT2D eigenvalue weighted by Crippen LogP contribution is 2.54. The smallest absolute Gasteiger partial charge is 0.317 e. The Bertz CT molecular complexity index is 410. The number of esters is 1. The highest BCUT2D eigenvalue weighted by Gasteiger charge is 2.51. The average molecular weight is 266 g/mol. The molecule has 1 fully saturated rings. The Kier molecular flexibility index (Phi) is 3.70. The molecule has 1 N–H and O–H groups in total. The number of ether oxygens (including phenoxy) is 1. The van der Waals surface area contributed by atoms with Crippen molar-refractivity contribution in [3.05, 3.63) is 12.2 Å². The Labute approximate surface area is 113 Å². The first-order chi connectivity index (χ1) is 8.85. The van der Waals surface area contributed by atoms with Crippen molar-refractivity contribution in [1.82, 2.24) is 0 Å². The normalized spacial score (nSPS) is 32.6. The van der Waals surface area contributed by atoms with E-state index in [1.807, 2.05) is 13.8 Å². The summed E-state index contributed by atoms with van der Waals surface area (Å²) in [5.41, 5.74) is -0.600. The van der Waals surface area contributed by atoms with Gasteiger partial charge < -0.3 is 9.84 Å². The van der Waals surface area contributed by atoms with Crippen LogP contribution in [0.25, 0.3) is 0 Å². The SMILES string of the molecule is CCC1C2C=CC(C2)C1C(C)(C)OC(=O)CC(=O)O. The predicted octanol–water partition coefficient (Wildman–Crippen LogP) is 2.63. The molecule has 4 atom stereocenters. The highest BCUT2D eigenvalue weighted by molar-refractivity contribution is 5.90. The molecule has 4 nitrogen and oxygen atoms in total. The van der Waals surface area contributed by atoms with Crippen LogP contribution in [0, 0.1) is 23.7 Å². The standard InChI is InChI=1S/C15H22O4/c1-4-11-9-5-6-10(7-9)14(11)15(2,3)19-13(18)8-12(16)17/h5-6,9-11,14H,4,7-8H2,1-3H3,(H,16,17). The van der Waals surface area contributed by atoms with Crippen LogP contribution in [0.15, 0.2) is 12.2 Å². The molecular formula is C15H22O4. The number of rotatable bonds is 5. The van der Waals surface area contributed by atoms with Gasteiger partial charge in [0.1, 0.15) is 12.0 Å². The first-order valence-electron chi connectivity index (χ1n) is 6.97. The molecular weight excluding hydrogens is 244 g/mol. The molecule has 19 heavy (non-hydrogen) atoms. The molecule has 2 rings (SSSR count). The number of carbonyl (C=O) groups excluding carboxylic acids is 1. The highest BCUT2D eigenvalue weighted by atomic mass is 16.6. The van der Waals surface area contributed by atoms with Gasteiger partial charge in [0.2, 0.25) is 0 Å². The van der Waals surface area contributed by atoms with Gasteiger partial charge in [-0.1, -0.05) is 25.5 Å². The third kappa shape index (κ3) is 2.67. The van der Waals surface area contributed by atoms with Gasteiger partial charge >= 0.3 is 11.9 Å². The zero-order chi connectivity index (χ0) is 14.2. The second-order valence-electron chi connectivity index (χ2n) is 6.19. The number of hydrogen-bond acceptors (Lipinski definition) is 3. The van der Waals surface area contributed by atoms with Crippen molar-refractivity contribution in [1.29, 1.82) is 0 Å². The van der Waals surface area contributed by atoms with Gasteiger partial charge in [0.25, 0.3) is 0 Å². The lowest BCUT2D eigenvalue weighted by Gasteiger charge is -2.39.